The predicted molar refractivity (Wildman–Crippen MR) is 63.1 cm³/mol. The van der Waals surface area contributed by atoms with Gasteiger partial charge in [-0.15, -0.1) is 5.73 Å². The van der Waals surface area contributed by atoms with Crippen LogP contribution in [0.1, 0.15) is 32.8 Å². The monoisotopic (exact) mass is 186 g/mol. The molecule has 1 rings (SSSR count). The Bertz CT molecular complexity index is 324. The summed E-state index contributed by atoms with van der Waals surface area (Å²) in [6, 6.07) is 10.3. The Morgan fingerprint density at radius 1 is 1.29 bits per heavy atom. The summed E-state index contributed by atoms with van der Waals surface area (Å²) in [7, 11) is 0. The minimum absolute atomic E-state index is 0.715. The largest absolute Gasteiger partial charge is 0.121 e. The van der Waals surface area contributed by atoms with Gasteiger partial charge in [0.1, 0.15) is 0 Å². The van der Waals surface area contributed by atoms with Crippen molar-refractivity contribution in [2.45, 2.75) is 27.2 Å². The van der Waals surface area contributed by atoms with Crippen molar-refractivity contribution >= 4 is 6.08 Å². The van der Waals surface area contributed by atoms with Crippen LogP contribution in [-0.2, 0) is 0 Å². The molecule has 74 valence electrons. The van der Waals surface area contributed by atoms with Gasteiger partial charge in [0.2, 0.25) is 0 Å². The number of hydrogen-bond donors (Lipinski definition) is 0. The van der Waals surface area contributed by atoms with Crippen molar-refractivity contribution in [3.8, 4) is 0 Å². The maximum atomic E-state index is 3.32. The van der Waals surface area contributed by atoms with Crippen LogP contribution in [-0.4, -0.2) is 0 Å². The highest BCUT2D eigenvalue weighted by Crippen LogP contribution is 2.09. The maximum absolute atomic E-state index is 3.32. The van der Waals surface area contributed by atoms with Gasteiger partial charge in [-0.25, -0.2) is 0 Å². The SMILES string of the molecule is CC(=C=Cc1ccccc1)CC(C)C. The van der Waals surface area contributed by atoms with Crippen LogP contribution in [0, 0.1) is 5.92 Å². The van der Waals surface area contributed by atoms with Gasteiger partial charge in [-0.1, -0.05) is 44.2 Å². The first-order valence-corrected chi connectivity index (χ1v) is 5.15. The Morgan fingerprint density at radius 3 is 2.50 bits per heavy atom. The van der Waals surface area contributed by atoms with E-state index in [4.69, 9.17) is 0 Å². The molecule has 0 saturated carbocycles. The predicted octanol–water partition coefficient (Wildman–Crippen LogP) is 4.29. The van der Waals surface area contributed by atoms with Crippen LogP contribution in [0.3, 0.4) is 0 Å². The number of benzene rings is 1. The average molecular weight is 186 g/mol. The van der Waals surface area contributed by atoms with Crippen LogP contribution in [0.25, 0.3) is 6.08 Å². The number of rotatable bonds is 3. The molecule has 0 unspecified atom stereocenters. The highest BCUT2D eigenvalue weighted by molar-refractivity contribution is 5.48. The fourth-order valence-corrected chi connectivity index (χ4v) is 1.43. The smallest absolute Gasteiger partial charge is 0.0128 e. The molecule has 0 spiro atoms. The standard InChI is InChI=1S/C14H18/c1-12(2)11-13(3)9-10-14-7-5-4-6-8-14/h4-8,10,12H,11H2,1-3H3. The molecule has 0 aromatic heterocycles. The van der Waals surface area contributed by atoms with E-state index in [1.165, 1.54) is 11.1 Å². The third-order valence-corrected chi connectivity index (χ3v) is 2.00. The Hall–Kier alpha value is -1.26. The number of hydrogen-bond acceptors (Lipinski definition) is 0. The van der Waals surface area contributed by atoms with E-state index in [9.17, 15) is 0 Å². The second-order valence-corrected chi connectivity index (χ2v) is 4.08. The van der Waals surface area contributed by atoms with Crippen LogP contribution in [0.15, 0.2) is 41.6 Å². The summed E-state index contributed by atoms with van der Waals surface area (Å²) >= 11 is 0. The van der Waals surface area contributed by atoms with Crippen molar-refractivity contribution in [3.05, 3.63) is 47.2 Å². The van der Waals surface area contributed by atoms with Gasteiger partial charge in [0.15, 0.2) is 0 Å². The second kappa shape index (κ2) is 5.47. The van der Waals surface area contributed by atoms with Crippen molar-refractivity contribution in [2.24, 2.45) is 5.92 Å². The molecular formula is C14H18. The summed E-state index contributed by atoms with van der Waals surface area (Å²) < 4.78 is 0. The fraction of sp³-hybridized carbons (Fsp3) is 0.357. The molecule has 0 aliphatic rings. The third kappa shape index (κ3) is 4.11. The summed E-state index contributed by atoms with van der Waals surface area (Å²) in [6.07, 6.45) is 3.18. The molecule has 0 atom stereocenters. The van der Waals surface area contributed by atoms with Crippen LogP contribution in [0.4, 0.5) is 0 Å². The lowest BCUT2D eigenvalue weighted by atomic mass is 10.1. The maximum Gasteiger partial charge on any atom is -0.0128 e. The molecule has 0 heterocycles. The van der Waals surface area contributed by atoms with Gasteiger partial charge in [-0.2, -0.15) is 0 Å². The summed E-state index contributed by atoms with van der Waals surface area (Å²) in [4.78, 5) is 0. The lowest BCUT2D eigenvalue weighted by Gasteiger charge is -2.00. The highest BCUT2D eigenvalue weighted by atomic mass is 14.0. The Kier molecular flexibility index (Phi) is 4.22. The van der Waals surface area contributed by atoms with E-state index >= 15 is 0 Å². The highest BCUT2D eigenvalue weighted by Gasteiger charge is 1.93. The van der Waals surface area contributed by atoms with Crippen LogP contribution in [0.2, 0.25) is 0 Å². The molecular weight excluding hydrogens is 168 g/mol. The van der Waals surface area contributed by atoms with Crippen molar-refractivity contribution in [3.63, 3.8) is 0 Å². The summed E-state index contributed by atoms with van der Waals surface area (Å²) in [5, 5.41) is 0. The molecule has 0 heteroatoms. The van der Waals surface area contributed by atoms with Gasteiger partial charge in [0.25, 0.3) is 0 Å². The lowest BCUT2D eigenvalue weighted by Crippen LogP contribution is -1.86. The first-order chi connectivity index (χ1) is 6.68. The molecule has 0 aliphatic carbocycles. The summed E-state index contributed by atoms with van der Waals surface area (Å²) in [5.41, 5.74) is 5.86. The average Bonchev–Trinajstić information content (AvgIpc) is 2.15. The summed E-state index contributed by atoms with van der Waals surface area (Å²) in [6.45, 7) is 6.60. The Balaban J connectivity index is 2.71. The number of allylic oxidation sites excluding steroid dienone is 1. The minimum atomic E-state index is 0.715. The van der Waals surface area contributed by atoms with Crippen molar-refractivity contribution in [1.29, 1.82) is 0 Å². The molecule has 0 saturated heterocycles. The van der Waals surface area contributed by atoms with Gasteiger partial charge >= 0.3 is 0 Å². The molecule has 0 N–H and O–H groups in total. The van der Waals surface area contributed by atoms with Gasteiger partial charge in [-0.05, 0) is 36.5 Å². The van der Waals surface area contributed by atoms with E-state index in [-0.39, 0.29) is 0 Å². The van der Waals surface area contributed by atoms with Gasteiger partial charge in [-0.3, -0.25) is 0 Å². The lowest BCUT2D eigenvalue weighted by molar-refractivity contribution is 0.643. The zero-order valence-corrected chi connectivity index (χ0v) is 9.25. The van der Waals surface area contributed by atoms with E-state index in [0.717, 1.165) is 6.42 Å². The zero-order chi connectivity index (χ0) is 10.4. The van der Waals surface area contributed by atoms with Crippen molar-refractivity contribution < 1.29 is 0 Å². The first-order valence-electron chi connectivity index (χ1n) is 5.15. The summed E-state index contributed by atoms with van der Waals surface area (Å²) in [5.74, 6) is 0.715. The minimum Gasteiger partial charge on any atom is -0.121 e. The van der Waals surface area contributed by atoms with Crippen LogP contribution in [0.5, 0.6) is 0 Å². The van der Waals surface area contributed by atoms with E-state index in [0.29, 0.717) is 5.92 Å². The topological polar surface area (TPSA) is 0 Å². The van der Waals surface area contributed by atoms with E-state index in [2.05, 4.69) is 44.7 Å². The van der Waals surface area contributed by atoms with Crippen molar-refractivity contribution in [2.75, 3.05) is 0 Å². The Morgan fingerprint density at radius 2 is 1.93 bits per heavy atom. The molecule has 1 aromatic carbocycles. The molecule has 0 amide bonds. The zero-order valence-electron chi connectivity index (χ0n) is 9.25. The van der Waals surface area contributed by atoms with E-state index in [1.54, 1.807) is 0 Å². The molecule has 0 nitrogen and oxygen atoms in total. The first kappa shape index (κ1) is 10.8. The van der Waals surface area contributed by atoms with Gasteiger partial charge < -0.3 is 0 Å². The molecule has 0 radical (unpaired) electrons. The Labute approximate surface area is 87.0 Å². The van der Waals surface area contributed by atoms with Gasteiger partial charge in [0.05, 0.1) is 0 Å². The molecule has 14 heavy (non-hydrogen) atoms. The molecule has 0 aliphatic heterocycles. The quantitative estimate of drug-likeness (QED) is 0.618. The fourth-order valence-electron chi connectivity index (χ4n) is 1.43. The molecule has 0 bridgehead atoms. The molecule has 1 aromatic rings. The van der Waals surface area contributed by atoms with E-state index < -0.39 is 0 Å². The van der Waals surface area contributed by atoms with Crippen LogP contribution < -0.4 is 0 Å². The normalized spacial score (nSPS) is 9.71. The van der Waals surface area contributed by atoms with Crippen molar-refractivity contribution in [1.82, 2.24) is 0 Å². The third-order valence-electron chi connectivity index (χ3n) is 2.00. The van der Waals surface area contributed by atoms with Gasteiger partial charge in [0, 0.05) is 0 Å². The van der Waals surface area contributed by atoms with E-state index in [1.807, 2.05) is 18.2 Å². The van der Waals surface area contributed by atoms with Crippen LogP contribution >= 0.6 is 0 Å². The molecule has 0 fully saturated rings. The second-order valence-electron chi connectivity index (χ2n) is 4.08.